The Labute approximate surface area is 112 Å². The molecule has 1 aromatic rings. The number of nitrogens with zero attached hydrogens (tertiary/aromatic N) is 2. The van der Waals surface area contributed by atoms with Crippen LogP contribution in [0.2, 0.25) is 0 Å². The van der Waals surface area contributed by atoms with Crippen molar-refractivity contribution in [1.82, 2.24) is 9.88 Å². The van der Waals surface area contributed by atoms with Gasteiger partial charge < -0.3 is 0 Å². The highest BCUT2D eigenvalue weighted by Gasteiger charge is 2.49. The number of pyridine rings is 1. The van der Waals surface area contributed by atoms with E-state index in [2.05, 4.69) is 11.9 Å². The van der Waals surface area contributed by atoms with Gasteiger partial charge in [-0.3, -0.25) is 19.5 Å². The highest BCUT2D eigenvalue weighted by molar-refractivity contribution is 6.05. The Morgan fingerprint density at radius 1 is 1.21 bits per heavy atom. The number of carbonyl (C=O) groups is 2. The second kappa shape index (κ2) is 4.76. The molecule has 0 bridgehead atoms. The number of carbonyl (C=O) groups excluding carboxylic acids is 2. The lowest BCUT2D eigenvalue weighted by Gasteiger charge is -2.25. The van der Waals surface area contributed by atoms with Crippen molar-refractivity contribution >= 4 is 11.8 Å². The summed E-state index contributed by atoms with van der Waals surface area (Å²) < 4.78 is 0. The minimum atomic E-state index is -0.0834. The van der Waals surface area contributed by atoms with Crippen LogP contribution in [0.25, 0.3) is 0 Å². The van der Waals surface area contributed by atoms with Crippen LogP contribution in [-0.2, 0) is 16.1 Å². The topological polar surface area (TPSA) is 50.3 Å². The Balaban J connectivity index is 1.80. The highest BCUT2D eigenvalue weighted by atomic mass is 16.2. The normalized spacial score (nSPS) is 30.6. The third kappa shape index (κ3) is 2.15. The van der Waals surface area contributed by atoms with E-state index in [4.69, 9.17) is 0 Å². The van der Waals surface area contributed by atoms with Gasteiger partial charge in [0.05, 0.1) is 24.1 Å². The fraction of sp³-hybridized carbons (Fsp3) is 0.533. The molecule has 4 nitrogen and oxygen atoms in total. The molecule has 3 atom stereocenters. The highest BCUT2D eigenvalue weighted by Crippen LogP contribution is 2.40. The van der Waals surface area contributed by atoms with Gasteiger partial charge in [0, 0.05) is 6.20 Å². The first-order valence-corrected chi connectivity index (χ1v) is 6.92. The van der Waals surface area contributed by atoms with Gasteiger partial charge in [0.2, 0.25) is 11.8 Å². The summed E-state index contributed by atoms with van der Waals surface area (Å²) in [4.78, 5) is 30.3. The maximum atomic E-state index is 12.4. The molecule has 1 aliphatic carbocycles. The Kier molecular flexibility index (Phi) is 3.09. The molecule has 0 aromatic carbocycles. The smallest absolute Gasteiger partial charge is 0.233 e. The SMILES string of the molecule is CC1CC[C@H]2C(=O)N(Cc3ccccn3)C(=O)[C@H]2C1. The molecule has 2 aliphatic rings. The predicted octanol–water partition coefficient (Wildman–Crippen LogP) is 2.00. The quantitative estimate of drug-likeness (QED) is 0.762. The van der Waals surface area contributed by atoms with Crippen molar-refractivity contribution in [1.29, 1.82) is 0 Å². The zero-order valence-corrected chi connectivity index (χ0v) is 11.1. The van der Waals surface area contributed by atoms with E-state index in [1.54, 1.807) is 6.20 Å². The molecule has 19 heavy (non-hydrogen) atoms. The molecular formula is C15H18N2O2. The molecular weight excluding hydrogens is 240 g/mol. The number of amides is 2. The van der Waals surface area contributed by atoms with Gasteiger partial charge in [-0.1, -0.05) is 13.0 Å². The number of hydrogen-bond acceptors (Lipinski definition) is 3. The largest absolute Gasteiger partial charge is 0.276 e. The molecule has 100 valence electrons. The van der Waals surface area contributed by atoms with Crippen molar-refractivity contribution in [3.63, 3.8) is 0 Å². The van der Waals surface area contributed by atoms with E-state index in [1.807, 2.05) is 18.2 Å². The first-order chi connectivity index (χ1) is 9.16. The number of rotatable bonds is 2. The molecule has 1 aliphatic heterocycles. The Morgan fingerprint density at radius 2 is 2.00 bits per heavy atom. The molecule has 1 saturated heterocycles. The average molecular weight is 258 g/mol. The standard InChI is InChI=1S/C15H18N2O2/c1-10-5-6-12-13(8-10)15(19)17(14(12)18)9-11-4-2-3-7-16-11/h2-4,7,10,12-13H,5-6,8-9H2,1H3/t10?,12-,13+/m1/s1. The average Bonchev–Trinajstić information content (AvgIpc) is 2.65. The Morgan fingerprint density at radius 3 is 2.74 bits per heavy atom. The second-order valence-electron chi connectivity index (χ2n) is 5.71. The van der Waals surface area contributed by atoms with E-state index >= 15 is 0 Å². The van der Waals surface area contributed by atoms with Gasteiger partial charge in [-0.2, -0.15) is 0 Å². The maximum absolute atomic E-state index is 12.4. The maximum Gasteiger partial charge on any atom is 0.233 e. The van der Waals surface area contributed by atoms with E-state index in [1.165, 1.54) is 4.90 Å². The molecule has 0 radical (unpaired) electrons. The monoisotopic (exact) mass is 258 g/mol. The van der Waals surface area contributed by atoms with Crippen molar-refractivity contribution in [3.8, 4) is 0 Å². The summed E-state index contributed by atoms with van der Waals surface area (Å²) in [5, 5.41) is 0. The minimum Gasteiger partial charge on any atom is -0.276 e. The summed E-state index contributed by atoms with van der Waals surface area (Å²) in [5.74, 6) is 0.403. The molecule has 1 unspecified atom stereocenters. The van der Waals surface area contributed by atoms with Gasteiger partial charge in [-0.25, -0.2) is 0 Å². The van der Waals surface area contributed by atoms with Crippen molar-refractivity contribution in [2.45, 2.75) is 32.7 Å². The van der Waals surface area contributed by atoms with Gasteiger partial charge in [0.1, 0.15) is 0 Å². The Hall–Kier alpha value is -1.71. The molecule has 0 N–H and O–H groups in total. The zero-order valence-electron chi connectivity index (χ0n) is 11.1. The number of fused-ring (bicyclic) bond motifs is 1. The van der Waals surface area contributed by atoms with E-state index in [0.29, 0.717) is 12.5 Å². The third-order valence-corrected chi connectivity index (χ3v) is 4.33. The van der Waals surface area contributed by atoms with Crippen molar-refractivity contribution < 1.29 is 9.59 Å². The van der Waals surface area contributed by atoms with Crippen LogP contribution in [-0.4, -0.2) is 21.7 Å². The summed E-state index contributed by atoms with van der Waals surface area (Å²) in [5.41, 5.74) is 0.774. The predicted molar refractivity (Wildman–Crippen MR) is 69.8 cm³/mol. The third-order valence-electron chi connectivity index (χ3n) is 4.33. The van der Waals surface area contributed by atoms with Crippen LogP contribution in [0.5, 0.6) is 0 Å². The van der Waals surface area contributed by atoms with E-state index < -0.39 is 0 Å². The molecule has 2 heterocycles. The molecule has 2 fully saturated rings. The van der Waals surface area contributed by atoms with Crippen LogP contribution in [0, 0.1) is 17.8 Å². The lowest BCUT2D eigenvalue weighted by atomic mass is 9.76. The van der Waals surface area contributed by atoms with Crippen LogP contribution < -0.4 is 0 Å². The van der Waals surface area contributed by atoms with Crippen molar-refractivity contribution in [2.75, 3.05) is 0 Å². The van der Waals surface area contributed by atoms with Gasteiger partial charge in [0.15, 0.2) is 0 Å². The summed E-state index contributed by atoms with van der Waals surface area (Å²) in [6.07, 6.45) is 4.45. The molecule has 4 heteroatoms. The van der Waals surface area contributed by atoms with Crippen LogP contribution in [0.15, 0.2) is 24.4 Å². The molecule has 1 saturated carbocycles. The lowest BCUT2D eigenvalue weighted by Crippen LogP contribution is -2.30. The molecule has 0 spiro atoms. The first-order valence-electron chi connectivity index (χ1n) is 6.92. The summed E-state index contributed by atoms with van der Waals surface area (Å²) >= 11 is 0. The van der Waals surface area contributed by atoms with Crippen LogP contribution >= 0.6 is 0 Å². The fourth-order valence-electron chi connectivity index (χ4n) is 3.27. The van der Waals surface area contributed by atoms with E-state index in [-0.39, 0.29) is 23.7 Å². The first kappa shape index (κ1) is 12.3. The summed E-state index contributed by atoms with van der Waals surface area (Å²) in [6.45, 7) is 2.48. The van der Waals surface area contributed by atoms with Gasteiger partial charge in [-0.15, -0.1) is 0 Å². The van der Waals surface area contributed by atoms with Crippen LogP contribution in [0.3, 0.4) is 0 Å². The van der Waals surface area contributed by atoms with E-state index in [0.717, 1.165) is 25.0 Å². The minimum absolute atomic E-state index is 0.00667. The zero-order chi connectivity index (χ0) is 13.4. The van der Waals surface area contributed by atoms with Crippen LogP contribution in [0.1, 0.15) is 31.9 Å². The van der Waals surface area contributed by atoms with Crippen molar-refractivity contribution in [3.05, 3.63) is 30.1 Å². The number of aromatic nitrogens is 1. The van der Waals surface area contributed by atoms with Crippen LogP contribution in [0.4, 0.5) is 0 Å². The van der Waals surface area contributed by atoms with E-state index in [9.17, 15) is 9.59 Å². The van der Waals surface area contributed by atoms with Crippen molar-refractivity contribution in [2.24, 2.45) is 17.8 Å². The van der Waals surface area contributed by atoms with Gasteiger partial charge >= 0.3 is 0 Å². The molecule has 3 rings (SSSR count). The number of likely N-dealkylation sites (tertiary alicyclic amines) is 1. The fourth-order valence-corrected chi connectivity index (χ4v) is 3.27. The molecule has 2 amide bonds. The van der Waals surface area contributed by atoms with Gasteiger partial charge in [0.25, 0.3) is 0 Å². The second-order valence-corrected chi connectivity index (χ2v) is 5.71. The summed E-state index contributed by atoms with van der Waals surface area (Å²) in [7, 11) is 0. The lowest BCUT2D eigenvalue weighted by molar-refractivity contribution is -0.140. The Bertz CT molecular complexity index is 500. The number of imide groups is 1. The number of hydrogen-bond donors (Lipinski definition) is 0. The summed E-state index contributed by atoms with van der Waals surface area (Å²) in [6, 6.07) is 5.56. The molecule has 1 aromatic heterocycles. The van der Waals surface area contributed by atoms with Gasteiger partial charge in [-0.05, 0) is 37.3 Å².